The summed E-state index contributed by atoms with van der Waals surface area (Å²) in [5, 5.41) is 9.93. The van der Waals surface area contributed by atoms with Crippen molar-refractivity contribution in [3.8, 4) is 0 Å². The Morgan fingerprint density at radius 3 is 1.75 bits per heavy atom. The van der Waals surface area contributed by atoms with E-state index in [2.05, 4.69) is 0 Å². The maximum Gasteiger partial charge on any atom is 0.167 e. The normalized spacial score (nSPS) is 11.5. The van der Waals surface area contributed by atoms with Gasteiger partial charge < -0.3 is 0 Å². The van der Waals surface area contributed by atoms with Crippen LogP contribution in [-0.2, 0) is 9.90 Å². The second-order valence-corrected chi connectivity index (χ2v) is 2.82. The van der Waals surface area contributed by atoms with Crippen LogP contribution in [0.3, 0.4) is 0 Å². The Morgan fingerprint density at radius 2 is 1.75 bits per heavy atom. The van der Waals surface area contributed by atoms with E-state index >= 15 is 0 Å². The summed E-state index contributed by atoms with van der Waals surface area (Å²) in [5.41, 5.74) is -0.443. The van der Waals surface area contributed by atoms with Crippen molar-refractivity contribution in [2.75, 3.05) is 6.61 Å². The van der Waals surface area contributed by atoms with Crippen molar-refractivity contribution in [3.05, 3.63) is 0 Å². The first-order valence-corrected chi connectivity index (χ1v) is 2.60. The molecular weight excluding hydrogens is 104 g/mol. The van der Waals surface area contributed by atoms with Crippen molar-refractivity contribution < 1.29 is 9.90 Å². The van der Waals surface area contributed by atoms with Gasteiger partial charge in [0.15, 0.2) is 5.78 Å². The molecule has 0 fully saturated rings. The molecular formula is C6H11O2. The van der Waals surface area contributed by atoms with Gasteiger partial charge in [0.2, 0.25) is 0 Å². The number of Topliss-reactive ketones (excluding diaryl/α,β-unsaturated/α-hetero) is 1. The Balaban J connectivity index is 3.82. The number of rotatable bonds is 1. The number of carbonyl (C=O) groups excluding carboxylic acids is 1. The summed E-state index contributed by atoms with van der Waals surface area (Å²) < 4.78 is 0. The monoisotopic (exact) mass is 115 g/mol. The smallest absolute Gasteiger partial charge is 0.167 e. The third kappa shape index (κ3) is 2.07. The van der Waals surface area contributed by atoms with Crippen molar-refractivity contribution in [2.24, 2.45) is 5.41 Å². The van der Waals surface area contributed by atoms with Crippen LogP contribution < -0.4 is 0 Å². The third-order valence-corrected chi connectivity index (χ3v) is 0.968. The lowest BCUT2D eigenvalue weighted by Crippen LogP contribution is -2.22. The van der Waals surface area contributed by atoms with Crippen LogP contribution in [0.4, 0.5) is 0 Å². The molecule has 2 nitrogen and oxygen atoms in total. The quantitative estimate of drug-likeness (QED) is 0.503. The Bertz CT molecular complexity index is 89.2. The minimum absolute atomic E-state index is 0.225. The lowest BCUT2D eigenvalue weighted by Gasteiger charge is -2.12. The van der Waals surface area contributed by atoms with Crippen LogP contribution >= 0.6 is 0 Å². The molecule has 0 amide bonds. The lowest BCUT2D eigenvalue weighted by molar-refractivity contribution is -0.130. The van der Waals surface area contributed by atoms with Crippen molar-refractivity contribution >= 4 is 5.78 Å². The molecule has 0 saturated heterocycles. The molecule has 0 bridgehead atoms. The average Bonchev–Trinajstić information content (AvgIpc) is 1.62. The molecule has 8 heavy (non-hydrogen) atoms. The van der Waals surface area contributed by atoms with Crippen LogP contribution in [0.2, 0.25) is 0 Å². The van der Waals surface area contributed by atoms with Gasteiger partial charge in [-0.2, -0.15) is 0 Å². The van der Waals surface area contributed by atoms with Crippen molar-refractivity contribution in [2.45, 2.75) is 20.8 Å². The van der Waals surface area contributed by atoms with Gasteiger partial charge in [-0.25, -0.2) is 5.11 Å². The van der Waals surface area contributed by atoms with Crippen LogP contribution in [0.25, 0.3) is 0 Å². The van der Waals surface area contributed by atoms with Gasteiger partial charge >= 0.3 is 0 Å². The molecule has 0 N–H and O–H groups in total. The number of ketones is 1. The standard InChI is InChI=1S/C6H11O2/c1-6(2,3)5(8)4-7/h4H2,1-3H3. The lowest BCUT2D eigenvalue weighted by atomic mass is 9.91. The van der Waals surface area contributed by atoms with Gasteiger partial charge in [0, 0.05) is 5.41 Å². The van der Waals surface area contributed by atoms with Crippen LogP contribution in [0.15, 0.2) is 0 Å². The van der Waals surface area contributed by atoms with E-state index < -0.39 is 12.0 Å². The maximum absolute atomic E-state index is 10.5. The summed E-state index contributed by atoms with van der Waals surface area (Å²) in [4.78, 5) is 10.5. The van der Waals surface area contributed by atoms with Crippen LogP contribution in [0.1, 0.15) is 20.8 Å². The van der Waals surface area contributed by atoms with Crippen LogP contribution in [0.5, 0.6) is 0 Å². The molecule has 1 radical (unpaired) electrons. The second kappa shape index (κ2) is 2.27. The van der Waals surface area contributed by atoms with Crippen LogP contribution in [0, 0.1) is 5.41 Å². The molecule has 0 aromatic rings. The van der Waals surface area contributed by atoms with Gasteiger partial charge in [-0.1, -0.05) is 20.8 Å². The van der Waals surface area contributed by atoms with Gasteiger partial charge in [0.25, 0.3) is 0 Å². The second-order valence-electron chi connectivity index (χ2n) is 2.82. The summed E-state index contributed by atoms with van der Waals surface area (Å²) in [7, 11) is 0. The topological polar surface area (TPSA) is 37.0 Å². The molecule has 0 atom stereocenters. The summed E-state index contributed by atoms with van der Waals surface area (Å²) >= 11 is 0. The van der Waals surface area contributed by atoms with Gasteiger partial charge in [0.05, 0.1) is 0 Å². The van der Waals surface area contributed by atoms with Gasteiger partial charge in [-0.05, 0) is 0 Å². The molecule has 0 aromatic carbocycles. The highest BCUT2D eigenvalue weighted by Gasteiger charge is 2.19. The summed E-state index contributed by atoms with van der Waals surface area (Å²) in [5.74, 6) is -0.225. The van der Waals surface area contributed by atoms with E-state index in [4.69, 9.17) is 0 Å². The van der Waals surface area contributed by atoms with Gasteiger partial charge in [-0.3, -0.25) is 4.79 Å². The Hall–Kier alpha value is -0.370. The Kier molecular flexibility index (Phi) is 2.16. The van der Waals surface area contributed by atoms with Crippen molar-refractivity contribution in [3.63, 3.8) is 0 Å². The minimum atomic E-state index is -0.594. The molecule has 0 aliphatic carbocycles. The molecule has 0 spiro atoms. The molecule has 0 heterocycles. The van der Waals surface area contributed by atoms with E-state index in [-0.39, 0.29) is 5.78 Å². The SMILES string of the molecule is CC(C)(C)C(=O)C[O]. The average molecular weight is 115 g/mol. The fraction of sp³-hybridized carbons (Fsp3) is 0.833. The van der Waals surface area contributed by atoms with E-state index in [1.165, 1.54) is 0 Å². The fourth-order valence-corrected chi connectivity index (χ4v) is 0.217. The Labute approximate surface area is 49.5 Å². The van der Waals surface area contributed by atoms with Gasteiger partial charge in [-0.15, -0.1) is 0 Å². The van der Waals surface area contributed by atoms with E-state index in [0.717, 1.165) is 0 Å². The highest BCUT2D eigenvalue weighted by Crippen LogP contribution is 2.13. The zero-order valence-electron chi connectivity index (χ0n) is 5.52. The molecule has 47 valence electrons. The van der Waals surface area contributed by atoms with Crippen molar-refractivity contribution in [1.29, 1.82) is 0 Å². The molecule has 0 aromatic heterocycles. The predicted molar refractivity (Wildman–Crippen MR) is 30.0 cm³/mol. The molecule has 0 aliphatic heterocycles. The molecule has 0 saturated carbocycles. The zero-order valence-corrected chi connectivity index (χ0v) is 5.52. The Morgan fingerprint density at radius 1 is 1.38 bits per heavy atom. The third-order valence-electron chi connectivity index (χ3n) is 0.968. The predicted octanol–water partition coefficient (Wildman–Crippen LogP) is 1.03. The molecule has 0 unspecified atom stereocenters. The molecule has 2 heteroatoms. The van der Waals surface area contributed by atoms with Gasteiger partial charge in [0.1, 0.15) is 6.61 Å². The molecule has 0 rings (SSSR count). The highest BCUT2D eigenvalue weighted by atomic mass is 16.3. The first kappa shape index (κ1) is 7.63. The van der Waals surface area contributed by atoms with E-state index in [9.17, 15) is 9.90 Å². The summed E-state index contributed by atoms with van der Waals surface area (Å²) in [6, 6.07) is 0. The fourth-order valence-electron chi connectivity index (χ4n) is 0.217. The number of hydrogen-bond acceptors (Lipinski definition) is 1. The number of carbonyl (C=O) groups is 1. The highest BCUT2D eigenvalue weighted by molar-refractivity contribution is 5.84. The zero-order chi connectivity index (χ0) is 6.78. The van der Waals surface area contributed by atoms with E-state index in [1.54, 1.807) is 20.8 Å². The number of hydrogen-bond donors (Lipinski definition) is 0. The largest absolute Gasteiger partial charge is 0.296 e. The maximum atomic E-state index is 10.5. The van der Waals surface area contributed by atoms with E-state index in [1.807, 2.05) is 0 Å². The van der Waals surface area contributed by atoms with Crippen LogP contribution in [-0.4, -0.2) is 12.4 Å². The molecule has 0 aliphatic rings. The first-order chi connectivity index (χ1) is 3.48. The summed E-state index contributed by atoms with van der Waals surface area (Å²) in [6.07, 6.45) is 0. The first-order valence-electron chi connectivity index (χ1n) is 2.60. The minimum Gasteiger partial charge on any atom is -0.296 e. The van der Waals surface area contributed by atoms with E-state index in [0.29, 0.717) is 0 Å². The van der Waals surface area contributed by atoms with Crippen molar-refractivity contribution in [1.82, 2.24) is 0 Å². The summed E-state index contributed by atoms with van der Waals surface area (Å²) in [6.45, 7) is 4.64.